The van der Waals surface area contributed by atoms with E-state index in [4.69, 9.17) is 0 Å². The lowest BCUT2D eigenvalue weighted by atomic mass is 9.71. The Morgan fingerprint density at radius 1 is 1.09 bits per heavy atom. The molecule has 7 nitrogen and oxygen atoms in total. The van der Waals surface area contributed by atoms with E-state index in [9.17, 15) is 27.6 Å². The number of fused-ring (bicyclic) bond motifs is 1. The van der Waals surface area contributed by atoms with Gasteiger partial charge >= 0.3 is 6.03 Å². The van der Waals surface area contributed by atoms with E-state index in [1.165, 1.54) is 0 Å². The molecule has 0 bridgehead atoms. The van der Waals surface area contributed by atoms with Gasteiger partial charge in [0.15, 0.2) is 12.3 Å². The smallest absolute Gasteiger partial charge is 0.321 e. The van der Waals surface area contributed by atoms with Gasteiger partial charge in [-0.1, -0.05) is 6.92 Å². The molecule has 35 heavy (non-hydrogen) atoms. The second-order valence-corrected chi connectivity index (χ2v) is 9.99. The predicted octanol–water partition coefficient (Wildman–Crippen LogP) is 3.76. The van der Waals surface area contributed by atoms with Crippen LogP contribution in [0.3, 0.4) is 0 Å². The summed E-state index contributed by atoms with van der Waals surface area (Å²) < 4.78 is 42.6. The molecule has 2 aliphatic rings. The van der Waals surface area contributed by atoms with Crippen molar-refractivity contribution in [1.82, 2.24) is 20.2 Å². The Labute approximate surface area is 201 Å². The number of carbonyl (C=O) groups excluding carboxylic acids is 2. The maximum atomic E-state index is 14.1. The summed E-state index contributed by atoms with van der Waals surface area (Å²) in [5.41, 5.74) is 2.07. The number of imide groups is 1. The van der Waals surface area contributed by atoms with E-state index < -0.39 is 42.4 Å². The first kappa shape index (κ1) is 25.2. The molecule has 7 unspecified atom stereocenters. The van der Waals surface area contributed by atoms with Crippen LogP contribution in [0.4, 0.5) is 18.0 Å². The SMILES string of the molecule is Cc1cc2c(cn1)cc(C1CC(C(=O)NC(=O)NC3CCC(F)C(F)C3F)CCC1C)c(=O)n2C. The van der Waals surface area contributed by atoms with E-state index in [1.54, 1.807) is 17.8 Å². The van der Waals surface area contributed by atoms with E-state index in [1.807, 2.05) is 26.0 Å². The van der Waals surface area contributed by atoms with E-state index in [0.29, 0.717) is 24.8 Å². The molecule has 0 radical (unpaired) electrons. The minimum absolute atomic E-state index is 0.0486. The van der Waals surface area contributed by atoms with Gasteiger partial charge in [-0.25, -0.2) is 18.0 Å². The van der Waals surface area contributed by atoms with Crippen LogP contribution in [0.25, 0.3) is 10.9 Å². The van der Waals surface area contributed by atoms with Gasteiger partial charge in [0.1, 0.15) is 6.17 Å². The molecule has 3 amide bonds. The summed E-state index contributed by atoms with van der Waals surface area (Å²) in [7, 11) is 1.71. The zero-order valence-corrected chi connectivity index (χ0v) is 20.1. The van der Waals surface area contributed by atoms with Gasteiger partial charge < -0.3 is 9.88 Å². The summed E-state index contributed by atoms with van der Waals surface area (Å²) in [4.78, 5) is 42.6. The van der Waals surface area contributed by atoms with Gasteiger partial charge in [0.05, 0.1) is 11.6 Å². The largest absolute Gasteiger partial charge is 0.332 e. The second kappa shape index (κ2) is 9.99. The molecule has 2 aliphatic carbocycles. The van der Waals surface area contributed by atoms with Gasteiger partial charge in [0.2, 0.25) is 5.91 Å². The Kier molecular flexibility index (Phi) is 7.19. The molecule has 0 aromatic carbocycles. The number of halogens is 3. The van der Waals surface area contributed by atoms with Gasteiger partial charge in [-0.2, -0.15) is 0 Å². The number of aryl methyl sites for hydroxylation is 2. The van der Waals surface area contributed by atoms with Crippen molar-refractivity contribution >= 4 is 22.8 Å². The van der Waals surface area contributed by atoms with Crippen molar-refractivity contribution in [2.24, 2.45) is 18.9 Å². The number of nitrogens with one attached hydrogen (secondary N) is 2. The molecule has 2 N–H and O–H groups in total. The fourth-order valence-corrected chi connectivity index (χ4v) is 5.40. The molecule has 2 fully saturated rings. The van der Waals surface area contributed by atoms with Crippen LogP contribution in [0, 0.1) is 18.8 Å². The molecule has 0 aliphatic heterocycles. The van der Waals surface area contributed by atoms with Crippen LogP contribution in [0.15, 0.2) is 23.1 Å². The van der Waals surface area contributed by atoms with Gasteiger partial charge in [0, 0.05) is 35.8 Å². The van der Waals surface area contributed by atoms with Crippen molar-refractivity contribution in [3.63, 3.8) is 0 Å². The minimum Gasteiger partial charge on any atom is -0.332 e. The number of hydrogen-bond donors (Lipinski definition) is 2. The van der Waals surface area contributed by atoms with Gasteiger partial charge in [-0.15, -0.1) is 0 Å². The number of nitrogens with zero attached hydrogens (tertiary/aromatic N) is 2. The van der Waals surface area contributed by atoms with Crippen LogP contribution in [0.2, 0.25) is 0 Å². The monoisotopic (exact) mass is 492 g/mol. The number of alkyl halides is 3. The maximum absolute atomic E-state index is 14.1. The molecule has 2 aromatic heterocycles. The summed E-state index contributed by atoms with van der Waals surface area (Å²) in [5.74, 6) is -1.08. The molecule has 2 heterocycles. The van der Waals surface area contributed by atoms with E-state index in [2.05, 4.69) is 15.6 Å². The van der Waals surface area contributed by atoms with Crippen LogP contribution in [0.5, 0.6) is 0 Å². The number of pyridine rings is 2. The zero-order chi connectivity index (χ0) is 25.4. The second-order valence-electron chi connectivity index (χ2n) is 9.99. The summed E-state index contributed by atoms with van der Waals surface area (Å²) >= 11 is 0. The normalized spacial score (nSPS) is 31.2. The van der Waals surface area contributed by atoms with E-state index >= 15 is 0 Å². The summed E-state index contributed by atoms with van der Waals surface area (Å²) in [6, 6.07) is 1.58. The van der Waals surface area contributed by atoms with Crippen molar-refractivity contribution in [1.29, 1.82) is 0 Å². The average Bonchev–Trinajstić information content (AvgIpc) is 2.82. The van der Waals surface area contributed by atoms with Crippen LogP contribution in [-0.4, -0.2) is 46.0 Å². The van der Waals surface area contributed by atoms with Crippen molar-refractivity contribution in [3.05, 3.63) is 39.9 Å². The highest BCUT2D eigenvalue weighted by Gasteiger charge is 2.41. The molecule has 4 rings (SSSR count). The highest BCUT2D eigenvalue weighted by Crippen LogP contribution is 2.40. The first-order valence-corrected chi connectivity index (χ1v) is 12.1. The number of carbonyl (C=O) groups is 2. The Hall–Kier alpha value is -2.91. The van der Waals surface area contributed by atoms with E-state index in [0.717, 1.165) is 16.6 Å². The highest BCUT2D eigenvalue weighted by atomic mass is 19.2. The number of amides is 3. The molecule has 190 valence electrons. The Morgan fingerprint density at radius 2 is 1.83 bits per heavy atom. The van der Waals surface area contributed by atoms with Crippen LogP contribution < -0.4 is 16.2 Å². The molecular weight excluding hydrogens is 461 g/mol. The Balaban J connectivity index is 1.46. The highest BCUT2D eigenvalue weighted by molar-refractivity contribution is 5.95. The Bertz CT molecular complexity index is 1190. The third-order valence-corrected chi connectivity index (χ3v) is 7.58. The third-order valence-electron chi connectivity index (χ3n) is 7.58. The first-order valence-electron chi connectivity index (χ1n) is 12.1. The summed E-state index contributed by atoms with van der Waals surface area (Å²) in [6.07, 6.45) is -3.26. The molecule has 0 spiro atoms. The van der Waals surface area contributed by atoms with Crippen molar-refractivity contribution in [2.75, 3.05) is 0 Å². The van der Waals surface area contributed by atoms with Crippen molar-refractivity contribution in [3.8, 4) is 0 Å². The van der Waals surface area contributed by atoms with Crippen LogP contribution >= 0.6 is 0 Å². The maximum Gasteiger partial charge on any atom is 0.321 e. The average molecular weight is 493 g/mol. The summed E-state index contributed by atoms with van der Waals surface area (Å²) in [6.45, 7) is 3.90. The summed E-state index contributed by atoms with van der Waals surface area (Å²) in [5, 5.41) is 5.33. The first-order chi connectivity index (χ1) is 16.6. The molecule has 2 aromatic rings. The molecule has 0 saturated heterocycles. The number of urea groups is 1. The van der Waals surface area contributed by atoms with Crippen LogP contribution in [-0.2, 0) is 11.8 Å². The predicted molar refractivity (Wildman–Crippen MR) is 125 cm³/mol. The van der Waals surface area contributed by atoms with Gasteiger partial charge in [-0.05, 0) is 63.0 Å². The number of hydrogen-bond acceptors (Lipinski definition) is 4. The Morgan fingerprint density at radius 3 is 2.57 bits per heavy atom. The molecule has 10 heteroatoms. The third kappa shape index (κ3) is 5.06. The fourth-order valence-electron chi connectivity index (χ4n) is 5.40. The van der Waals surface area contributed by atoms with Gasteiger partial charge in [-0.3, -0.25) is 19.9 Å². The minimum atomic E-state index is -2.30. The van der Waals surface area contributed by atoms with E-state index in [-0.39, 0.29) is 30.2 Å². The zero-order valence-electron chi connectivity index (χ0n) is 20.1. The molecular formula is C25H31F3N4O3. The lowest BCUT2D eigenvalue weighted by Gasteiger charge is -2.34. The number of rotatable bonds is 3. The quantitative estimate of drug-likeness (QED) is 0.682. The lowest BCUT2D eigenvalue weighted by molar-refractivity contribution is -0.125. The van der Waals surface area contributed by atoms with Crippen LogP contribution in [0.1, 0.15) is 56.2 Å². The van der Waals surface area contributed by atoms with Crippen molar-refractivity contribution in [2.45, 2.75) is 76.4 Å². The topological polar surface area (TPSA) is 93.1 Å². The molecule has 7 atom stereocenters. The lowest BCUT2D eigenvalue weighted by Crippen LogP contribution is -2.55. The van der Waals surface area contributed by atoms with Crippen molar-refractivity contribution < 1.29 is 22.8 Å². The standard InChI is InChI=1S/C25H31F3N4O3/c1-12-4-5-14(23(33)31-25(35)30-19-7-6-18(26)21(27)22(19)28)9-16(12)17-10-15-11-29-13(2)8-20(15)32(3)24(17)34/h8,10-12,14,16,18-19,21-22H,4-7,9H2,1-3H3,(H2,30,31,33,35). The van der Waals surface area contributed by atoms with Gasteiger partial charge in [0.25, 0.3) is 5.56 Å². The number of aromatic nitrogens is 2. The fraction of sp³-hybridized carbons (Fsp3) is 0.600. The molecule has 2 saturated carbocycles.